The first-order valence-electron chi connectivity index (χ1n) is 11.5. The Morgan fingerprint density at radius 2 is 1.69 bits per heavy atom. The van der Waals surface area contributed by atoms with Gasteiger partial charge in [-0.05, 0) is 36.1 Å². The first-order chi connectivity index (χ1) is 17.2. The van der Waals surface area contributed by atoms with Gasteiger partial charge in [0, 0.05) is 17.8 Å². The summed E-state index contributed by atoms with van der Waals surface area (Å²) in [6.07, 6.45) is 0.809. The molecule has 3 aromatic carbocycles. The number of amides is 1. The molecule has 0 saturated carbocycles. The molecule has 5 nitrogen and oxygen atoms in total. The van der Waals surface area contributed by atoms with E-state index in [2.05, 4.69) is 63.8 Å². The molecule has 0 aliphatic rings. The van der Waals surface area contributed by atoms with E-state index in [1.807, 2.05) is 42.6 Å². The zero-order chi connectivity index (χ0) is 24.0. The molecule has 176 valence electrons. The molecule has 0 aliphatic heterocycles. The zero-order valence-electron chi connectivity index (χ0n) is 19.3. The predicted molar refractivity (Wildman–Crippen MR) is 142 cm³/mol. The van der Waals surface area contributed by atoms with Crippen molar-refractivity contribution in [2.24, 2.45) is 0 Å². The number of carbonyl (C=O) groups is 1. The van der Waals surface area contributed by atoms with E-state index in [1.165, 1.54) is 34.2 Å². The van der Waals surface area contributed by atoms with Crippen LogP contribution in [0.4, 0.5) is 0 Å². The number of aromatic nitrogens is 2. The van der Waals surface area contributed by atoms with Gasteiger partial charge in [0.05, 0.1) is 5.75 Å². The second-order valence-corrected chi connectivity index (χ2v) is 10.1. The Bertz CT molecular complexity index is 1370. The molecule has 0 saturated heterocycles. The SMILES string of the molecule is Cc1cccc2oc(SCc3nc(C(=O)NCCC(c4ccccc4)c4ccccc4)cs3)nc12. The Morgan fingerprint density at radius 1 is 0.971 bits per heavy atom. The van der Waals surface area contributed by atoms with Gasteiger partial charge in [0.2, 0.25) is 0 Å². The van der Waals surface area contributed by atoms with E-state index >= 15 is 0 Å². The third kappa shape index (κ3) is 5.63. The molecule has 0 radical (unpaired) electrons. The monoisotopic (exact) mass is 499 g/mol. The maximum absolute atomic E-state index is 12.7. The van der Waals surface area contributed by atoms with E-state index < -0.39 is 0 Å². The van der Waals surface area contributed by atoms with Crippen molar-refractivity contribution in [2.75, 3.05) is 6.54 Å². The molecular formula is C28H25N3O2S2. The van der Waals surface area contributed by atoms with Crippen molar-refractivity contribution in [3.05, 3.63) is 112 Å². The van der Waals surface area contributed by atoms with Crippen molar-refractivity contribution < 1.29 is 9.21 Å². The molecule has 0 fully saturated rings. The van der Waals surface area contributed by atoms with E-state index in [0.717, 1.165) is 28.1 Å². The molecule has 35 heavy (non-hydrogen) atoms. The summed E-state index contributed by atoms with van der Waals surface area (Å²) in [5.74, 6) is 0.684. The maximum atomic E-state index is 12.7. The lowest BCUT2D eigenvalue weighted by Gasteiger charge is -2.18. The number of aryl methyl sites for hydroxylation is 1. The van der Waals surface area contributed by atoms with Crippen LogP contribution >= 0.6 is 23.1 Å². The van der Waals surface area contributed by atoms with Gasteiger partial charge < -0.3 is 9.73 Å². The fraction of sp³-hybridized carbons (Fsp3) is 0.179. The third-order valence-electron chi connectivity index (χ3n) is 5.83. The number of thiazole rings is 1. The van der Waals surface area contributed by atoms with E-state index in [1.54, 1.807) is 0 Å². The van der Waals surface area contributed by atoms with Crippen molar-refractivity contribution in [3.8, 4) is 0 Å². The fourth-order valence-electron chi connectivity index (χ4n) is 4.05. The van der Waals surface area contributed by atoms with Crippen LogP contribution in [0.15, 0.2) is 93.9 Å². The number of carbonyl (C=O) groups excluding carboxylic acids is 1. The average molecular weight is 500 g/mol. The number of hydrogen-bond donors (Lipinski definition) is 1. The van der Waals surface area contributed by atoms with E-state index in [-0.39, 0.29) is 11.8 Å². The van der Waals surface area contributed by atoms with Gasteiger partial charge in [0.15, 0.2) is 5.58 Å². The summed E-state index contributed by atoms with van der Waals surface area (Å²) in [7, 11) is 0. The molecule has 0 unspecified atom stereocenters. The predicted octanol–water partition coefficient (Wildman–Crippen LogP) is 6.84. The molecular weight excluding hydrogens is 474 g/mol. The number of rotatable bonds is 9. The van der Waals surface area contributed by atoms with Gasteiger partial charge >= 0.3 is 0 Å². The number of fused-ring (bicyclic) bond motifs is 1. The lowest BCUT2D eigenvalue weighted by atomic mass is 9.88. The molecule has 5 rings (SSSR count). The highest BCUT2D eigenvalue weighted by Crippen LogP contribution is 2.29. The van der Waals surface area contributed by atoms with Gasteiger partial charge in [0.25, 0.3) is 11.1 Å². The summed E-state index contributed by atoms with van der Waals surface area (Å²) < 4.78 is 5.82. The number of nitrogens with one attached hydrogen (secondary N) is 1. The van der Waals surface area contributed by atoms with Gasteiger partial charge in [-0.25, -0.2) is 9.97 Å². The van der Waals surface area contributed by atoms with Gasteiger partial charge in [-0.3, -0.25) is 4.79 Å². The normalized spacial score (nSPS) is 11.3. The number of hydrogen-bond acceptors (Lipinski definition) is 6. The van der Waals surface area contributed by atoms with Crippen molar-refractivity contribution in [3.63, 3.8) is 0 Å². The minimum atomic E-state index is -0.144. The summed E-state index contributed by atoms with van der Waals surface area (Å²) >= 11 is 2.97. The van der Waals surface area contributed by atoms with Crippen LogP contribution in [0.5, 0.6) is 0 Å². The number of oxazole rings is 1. The van der Waals surface area contributed by atoms with Crippen LogP contribution in [0, 0.1) is 6.92 Å². The van der Waals surface area contributed by atoms with Crippen LogP contribution in [0.2, 0.25) is 0 Å². The van der Waals surface area contributed by atoms with Crippen molar-refractivity contribution in [1.82, 2.24) is 15.3 Å². The highest BCUT2D eigenvalue weighted by atomic mass is 32.2. The summed E-state index contributed by atoms with van der Waals surface area (Å²) in [5, 5.41) is 6.34. The summed E-state index contributed by atoms with van der Waals surface area (Å²) in [6, 6.07) is 26.7. The molecule has 7 heteroatoms. The van der Waals surface area contributed by atoms with Crippen LogP contribution in [-0.4, -0.2) is 22.4 Å². The smallest absolute Gasteiger partial charge is 0.270 e. The topological polar surface area (TPSA) is 68.0 Å². The molecule has 1 amide bonds. The lowest BCUT2D eigenvalue weighted by molar-refractivity contribution is 0.0948. The number of para-hydroxylation sites is 1. The molecule has 0 aliphatic carbocycles. The van der Waals surface area contributed by atoms with Gasteiger partial charge in [-0.2, -0.15) is 0 Å². The van der Waals surface area contributed by atoms with Crippen LogP contribution in [-0.2, 0) is 5.75 Å². The van der Waals surface area contributed by atoms with Crippen molar-refractivity contribution in [1.29, 1.82) is 0 Å². The minimum Gasteiger partial charge on any atom is -0.431 e. The number of benzene rings is 3. The molecule has 2 heterocycles. The Kier molecular flexibility index (Phi) is 7.25. The molecule has 1 N–H and O–H groups in total. The fourth-order valence-corrected chi connectivity index (χ4v) is 5.67. The standard InChI is InChI=1S/C28H25N3O2S2/c1-19-9-8-14-24-26(19)31-28(33-24)35-18-25-30-23(17-34-25)27(32)29-16-15-22(20-10-4-2-5-11-20)21-12-6-3-7-13-21/h2-14,17,22H,15-16,18H2,1H3,(H,29,32). The molecule has 2 aromatic heterocycles. The average Bonchev–Trinajstić information content (AvgIpc) is 3.54. The van der Waals surface area contributed by atoms with Crippen LogP contribution in [0.1, 0.15) is 44.5 Å². The van der Waals surface area contributed by atoms with Crippen molar-refractivity contribution in [2.45, 2.75) is 30.2 Å². The van der Waals surface area contributed by atoms with Crippen LogP contribution in [0.3, 0.4) is 0 Å². The molecule has 0 spiro atoms. The van der Waals surface area contributed by atoms with Crippen LogP contribution in [0.25, 0.3) is 11.1 Å². The second-order valence-electron chi connectivity index (χ2n) is 8.24. The summed E-state index contributed by atoms with van der Waals surface area (Å²) in [5.41, 5.74) is 5.71. The quantitative estimate of drug-likeness (QED) is 0.225. The maximum Gasteiger partial charge on any atom is 0.270 e. The lowest BCUT2D eigenvalue weighted by Crippen LogP contribution is -2.26. The van der Waals surface area contributed by atoms with Gasteiger partial charge in [0.1, 0.15) is 16.2 Å². The molecule has 0 atom stereocenters. The van der Waals surface area contributed by atoms with E-state index in [0.29, 0.717) is 23.2 Å². The Labute approximate surface area is 212 Å². The highest BCUT2D eigenvalue weighted by molar-refractivity contribution is 7.98. The molecule has 0 bridgehead atoms. The first-order valence-corrected chi connectivity index (χ1v) is 13.4. The zero-order valence-corrected chi connectivity index (χ0v) is 20.9. The Morgan fingerprint density at radius 3 is 2.37 bits per heavy atom. The minimum absolute atomic E-state index is 0.144. The van der Waals surface area contributed by atoms with E-state index in [4.69, 9.17) is 4.42 Å². The largest absolute Gasteiger partial charge is 0.431 e. The van der Waals surface area contributed by atoms with Crippen LogP contribution < -0.4 is 5.32 Å². The van der Waals surface area contributed by atoms with Gasteiger partial charge in [-0.15, -0.1) is 11.3 Å². The Hall–Kier alpha value is -3.42. The summed E-state index contributed by atoms with van der Waals surface area (Å²) in [6.45, 7) is 2.59. The number of nitrogens with zero attached hydrogens (tertiary/aromatic N) is 2. The Balaban J connectivity index is 1.17. The molecule has 5 aromatic rings. The third-order valence-corrected chi connectivity index (χ3v) is 7.70. The highest BCUT2D eigenvalue weighted by Gasteiger charge is 2.16. The van der Waals surface area contributed by atoms with E-state index in [9.17, 15) is 4.79 Å². The first kappa shape index (κ1) is 23.3. The number of thioether (sulfide) groups is 1. The second kappa shape index (κ2) is 10.9. The summed E-state index contributed by atoms with van der Waals surface area (Å²) in [4.78, 5) is 21.8. The van der Waals surface area contributed by atoms with Gasteiger partial charge in [-0.1, -0.05) is 84.6 Å². The van der Waals surface area contributed by atoms with Crippen molar-refractivity contribution >= 4 is 40.1 Å².